The molecule has 1 heterocycles. The zero-order chi connectivity index (χ0) is 23.9. The molecule has 2 atom stereocenters. The topological polar surface area (TPSA) is 131 Å². The van der Waals surface area contributed by atoms with Gasteiger partial charge in [-0.1, -0.05) is 20.8 Å². The smallest absolute Gasteiger partial charge is 0.407 e. The number of alkyl carbamates (subject to hydrolysis) is 1. The number of likely N-dealkylation sites (tertiary alicyclic amines) is 1. The van der Waals surface area contributed by atoms with Crippen molar-refractivity contribution in [2.45, 2.75) is 84.7 Å². The summed E-state index contributed by atoms with van der Waals surface area (Å²) in [4.78, 5) is 51.2. The van der Waals surface area contributed by atoms with E-state index in [9.17, 15) is 19.2 Å². The Balaban J connectivity index is 1.95. The van der Waals surface area contributed by atoms with Crippen molar-refractivity contribution >= 4 is 23.8 Å². The third kappa shape index (κ3) is 7.67. The number of ether oxygens (including phenoxy) is 1. The van der Waals surface area contributed by atoms with Gasteiger partial charge < -0.3 is 26.0 Å². The molecule has 1 saturated heterocycles. The van der Waals surface area contributed by atoms with E-state index in [-0.39, 0.29) is 35.7 Å². The molecule has 2 rings (SSSR count). The summed E-state index contributed by atoms with van der Waals surface area (Å²) >= 11 is 0. The largest absolute Gasteiger partial charge is 0.450 e. The van der Waals surface area contributed by atoms with Gasteiger partial charge in [0.2, 0.25) is 17.7 Å². The summed E-state index contributed by atoms with van der Waals surface area (Å²) in [7, 11) is 0. The molecule has 2 aliphatic rings. The van der Waals surface area contributed by atoms with Crippen molar-refractivity contribution in [2.75, 3.05) is 19.7 Å². The van der Waals surface area contributed by atoms with Crippen molar-refractivity contribution in [1.29, 1.82) is 0 Å². The minimum absolute atomic E-state index is 0.0588. The number of primary amides is 1. The highest BCUT2D eigenvalue weighted by atomic mass is 16.5. The highest BCUT2D eigenvalue weighted by Gasteiger charge is 2.39. The van der Waals surface area contributed by atoms with Crippen LogP contribution in [0.1, 0.15) is 72.6 Å². The van der Waals surface area contributed by atoms with E-state index in [0.717, 1.165) is 32.1 Å². The van der Waals surface area contributed by atoms with Gasteiger partial charge in [-0.15, -0.1) is 0 Å². The lowest BCUT2D eigenvalue weighted by atomic mass is 9.81. The number of amides is 4. The van der Waals surface area contributed by atoms with Crippen LogP contribution in [-0.4, -0.2) is 60.5 Å². The quantitative estimate of drug-likeness (QED) is 0.518. The first-order chi connectivity index (χ1) is 15.0. The molecule has 32 heavy (non-hydrogen) atoms. The normalized spacial score (nSPS) is 24.5. The third-order valence-electron chi connectivity index (χ3n) is 6.33. The van der Waals surface area contributed by atoms with Gasteiger partial charge >= 0.3 is 6.09 Å². The summed E-state index contributed by atoms with van der Waals surface area (Å²) in [6.45, 7) is 8.96. The second-order valence-electron chi connectivity index (χ2n) is 10.2. The summed E-state index contributed by atoms with van der Waals surface area (Å²) < 4.78 is 4.97. The average molecular weight is 453 g/mol. The van der Waals surface area contributed by atoms with Gasteiger partial charge in [0.25, 0.3) is 0 Å². The summed E-state index contributed by atoms with van der Waals surface area (Å²) in [6.07, 6.45) is 4.41. The summed E-state index contributed by atoms with van der Waals surface area (Å²) in [5, 5.41) is 5.70. The van der Waals surface area contributed by atoms with E-state index in [4.69, 9.17) is 10.5 Å². The molecule has 9 nitrogen and oxygen atoms in total. The molecule has 0 unspecified atom stereocenters. The van der Waals surface area contributed by atoms with Gasteiger partial charge in [-0.25, -0.2) is 4.79 Å². The van der Waals surface area contributed by atoms with Crippen molar-refractivity contribution in [3.05, 3.63) is 0 Å². The minimum Gasteiger partial charge on any atom is -0.450 e. The van der Waals surface area contributed by atoms with E-state index < -0.39 is 18.2 Å². The Labute approximate surface area is 191 Å². The van der Waals surface area contributed by atoms with Crippen LogP contribution in [0.4, 0.5) is 4.79 Å². The molecule has 0 radical (unpaired) electrons. The van der Waals surface area contributed by atoms with Crippen LogP contribution in [0.3, 0.4) is 0 Å². The number of hydrogen-bond donors (Lipinski definition) is 3. The average Bonchev–Trinajstić information content (AvgIpc) is 3.20. The molecule has 1 aliphatic carbocycles. The number of nitrogens with zero attached hydrogens (tertiary/aromatic N) is 1. The van der Waals surface area contributed by atoms with Crippen molar-refractivity contribution in [2.24, 2.45) is 23.0 Å². The maximum atomic E-state index is 13.3. The van der Waals surface area contributed by atoms with Gasteiger partial charge in [-0.3, -0.25) is 14.4 Å². The summed E-state index contributed by atoms with van der Waals surface area (Å²) in [6, 6.07) is -1.28. The van der Waals surface area contributed by atoms with Gasteiger partial charge in [0.1, 0.15) is 12.1 Å². The van der Waals surface area contributed by atoms with Crippen LogP contribution < -0.4 is 16.4 Å². The van der Waals surface area contributed by atoms with E-state index in [0.29, 0.717) is 31.8 Å². The molecule has 0 aromatic carbocycles. The lowest BCUT2D eigenvalue weighted by Gasteiger charge is -2.32. The fourth-order valence-corrected chi connectivity index (χ4v) is 4.64. The second-order valence-corrected chi connectivity index (χ2v) is 10.2. The molecule has 0 bridgehead atoms. The lowest BCUT2D eigenvalue weighted by molar-refractivity contribution is -0.140. The van der Waals surface area contributed by atoms with Gasteiger partial charge in [-0.2, -0.15) is 0 Å². The predicted molar refractivity (Wildman–Crippen MR) is 120 cm³/mol. The van der Waals surface area contributed by atoms with Crippen molar-refractivity contribution in [3.63, 3.8) is 0 Å². The van der Waals surface area contributed by atoms with Crippen LogP contribution >= 0.6 is 0 Å². The monoisotopic (exact) mass is 452 g/mol. The Hall–Kier alpha value is -2.32. The van der Waals surface area contributed by atoms with E-state index >= 15 is 0 Å². The first kappa shape index (κ1) is 25.9. The van der Waals surface area contributed by atoms with E-state index in [1.807, 2.05) is 20.8 Å². The van der Waals surface area contributed by atoms with Gasteiger partial charge in [0.05, 0.1) is 6.61 Å². The molecular formula is C23H40N4O5. The van der Waals surface area contributed by atoms with Crippen LogP contribution in [0.2, 0.25) is 0 Å². The molecule has 0 aromatic heterocycles. The van der Waals surface area contributed by atoms with E-state index in [2.05, 4.69) is 10.6 Å². The number of hydrogen-bond acceptors (Lipinski definition) is 5. The molecule has 0 spiro atoms. The van der Waals surface area contributed by atoms with Crippen molar-refractivity contribution in [1.82, 2.24) is 15.5 Å². The zero-order valence-electron chi connectivity index (χ0n) is 19.9. The Bertz CT molecular complexity index is 682. The van der Waals surface area contributed by atoms with Crippen LogP contribution in [0.5, 0.6) is 0 Å². The van der Waals surface area contributed by atoms with Crippen LogP contribution in [0.15, 0.2) is 0 Å². The SMILES string of the molecule is CCOC(=O)N[C@H](CC(C)(C)C)C(=O)N1CCC[C@H]1C(=O)NCC1CCC(C(N)=O)CC1. The molecule has 182 valence electrons. The van der Waals surface area contributed by atoms with Crippen molar-refractivity contribution < 1.29 is 23.9 Å². The third-order valence-corrected chi connectivity index (χ3v) is 6.33. The molecule has 9 heteroatoms. The summed E-state index contributed by atoms with van der Waals surface area (Å²) in [5.41, 5.74) is 5.20. The predicted octanol–water partition coefficient (Wildman–Crippen LogP) is 1.94. The number of rotatable bonds is 8. The molecule has 1 aliphatic heterocycles. The fraction of sp³-hybridized carbons (Fsp3) is 0.826. The first-order valence-corrected chi connectivity index (χ1v) is 11.8. The second kappa shape index (κ2) is 11.5. The highest BCUT2D eigenvalue weighted by Crippen LogP contribution is 2.29. The maximum Gasteiger partial charge on any atom is 0.407 e. The molecule has 0 aromatic rings. The maximum absolute atomic E-state index is 13.3. The fourth-order valence-electron chi connectivity index (χ4n) is 4.64. The Morgan fingerprint density at radius 3 is 2.31 bits per heavy atom. The number of carbonyl (C=O) groups excluding carboxylic acids is 4. The number of nitrogens with one attached hydrogen (secondary N) is 2. The van der Waals surface area contributed by atoms with E-state index in [1.165, 1.54) is 0 Å². The number of carbonyl (C=O) groups is 4. The van der Waals surface area contributed by atoms with Crippen LogP contribution in [0, 0.1) is 17.3 Å². The van der Waals surface area contributed by atoms with Crippen LogP contribution in [0.25, 0.3) is 0 Å². The lowest BCUT2D eigenvalue weighted by Crippen LogP contribution is -2.54. The molecule has 2 fully saturated rings. The molecule has 1 saturated carbocycles. The molecule has 4 N–H and O–H groups in total. The highest BCUT2D eigenvalue weighted by molar-refractivity contribution is 5.91. The van der Waals surface area contributed by atoms with Gasteiger partial charge in [0, 0.05) is 19.0 Å². The van der Waals surface area contributed by atoms with Crippen LogP contribution in [-0.2, 0) is 19.1 Å². The molecule has 4 amide bonds. The number of nitrogens with two attached hydrogens (primary N) is 1. The van der Waals surface area contributed by atoms with Crippen molar-refractivity contribution in [3.8, 4) is 0 Å². The Morgan fingerprint density at radius 1 is 1.09 bits per heavy atom. The standard InChI is InChI=1S/C23H40N4O5/c1-5-32-22(31)26-17(13-23(2,3)4)21(30)27-12-6-7-18(27)20(29)25-14-15-8-10-16(11-9-15)19(24)28/h15-18H,5-14H2,1-4H3,(H2,24,28)(H,25,29)(H,26,31)/t15?,16?,17-,18+/m1/s1. The Kier molecular flexibility index (Phi) is 9.33. The Morgan fingerprint density at radius 2 is 1.75 bits per heavy atom. The van der Waals surface area contributed by atoms with E-state index in [1.54, 1.807) is 11.8 Å². The first-order valence-electron chi connectivity index (χ1n) is 11.8. The zero-order valence-corrected chi connectivity index (χ0v) is 19.9. The minimum atomic E-state index is -0.744. The van der Waals surface area contributed by atoms with Gasteiger partial charge in [0.15, 0.2) is 0 Å². The summed E-state index contributed by atoms with van der Waals surface area (Å²) in [5.74, 6) is -0.379. The van der Waals surface area contributed by atoms with Gasteiger partial charge in [-0.05, 0) is 63.2 Å². The molecular weight excluding hydrogens is 412 g/mol.